The number of hydrogen-bond acceptors (Lipinski definition) is 7. The fraction of sp³-hybridized carbons (Fsp3) is 0.304. The minimum absolute atomic E-state index is 0.127. The van der Waals surface area contributed by atoms with Gasteiger partial charge in [-0.2, -0.15) is 0 Å². The number of aliphatic hydroxyl groups excluding tert-OH is 1. The van der Waals surface area contributed by atoms with Crippen molar-refractivity contribution in [1.29, 1.82) is 0 Å². The molecule has 2 aliphatic rings. The first-order valence-electron chi connectivity index (χ1n) is 10.4. The lowest BCUT2D eigenvalue weighted by molar-refractivity contribution is -0.150. The van der Waals surface area contributed by atoms with Crippen LogP contribution >= 0.6 is 0 Å². The molecule has 0 saturated carbocycles. The number of ether oxygens (including phenoxy) is 1. The monoisotopic (exact) mass is 451 g/mol. The molecule has 0 radical (unpaired) electrons. The lowest BCUT2D eigenvalue weighted by Crippen LogP contribution is -2.55. The molecule has 0 bridgehead atoms. The number of amidine groups is 1. The number of aliphatic hydroxyl groups is 1. The molecular formula is C23H25N5O5. The van der Waals surface area contributed by atoms with Gasteiger partial charge >= 0.3 is 0 Å². The number of benzene rings is 2. The first-order valence-corrected chi connectivity index (χ1v) is 10.4. The predicted octanol–water partition coefficient (Wildman–Crippen LogP) is 0.339. The maximum absolute atomic E-state index is 13.1. The highest BCUT2D eigenvalue weighted by Gasteiger charge is 2.39. The molecular weight excluding hydrogens is 426 g/mol. The van der Waals surface area contributed by atoms with Crippen molar-refractivity contribution in [3.8, 4) is 0 Å². The summed E-state index contributed by atoms with van der Waals surface area (Å²) < 4.78 is 5.45. The van der Waals surface area contributed by atoms with Gasteiger partial charge < -0.3 is 30.7 Å². The van der Waals surface area contributed by atoms with E-state index in [1.807, 2.05) is 0 Å². The smallest absolute Gasteiger partial charge is 0.259 e. The van der Waals surface area contributed by atoms with Gasteiger partial charge in [0, 0.05) is 43.1 Å². The second-order valence-electron chi connectivity index (χ2n) is 8.04. The summed E-state index contributed by atoms with van der Waals surface area (Å²) in [5.41, 5.74) is 8.85. The quantitative estimate of drug-likeness (QED) is 0.599. The molecule has 0 aromatic heterocycles. The Kier molecular flexibility index (Phi) is 6.12. The molecule has 0 aliphatic carbocycles. The van der Waals surface area contributed by atoms with Gasteiger partial charge in [-0.15, -0.1) is 0 Å². The standard InChI is InChI=1S/C23H25N5O5/c1-27(2)22(31)13-4-3-5-16(11-13)28-8-9-33-19(23(28)32)18(29)21(30)26-15-6-7-17-14(10-15)12-25-20(17)24/h3-7,10-11,18-19,29H,8-9,12H2,1-2H3,(H2,24,25)(H,26,30)/t18-,19-/m1/s1. The molecule has 2 aliphatic heterocycles. The molecule has 2 aromatic rings. The molecule has 0 spiro atoms. The number of hydrogen-bond donors (Lipinski definition) is 3. The van der Waals surface area contributed by atoms with Crippen molar-refractivity contribution in [2.75, 3.05) is 37.5 Å². The number of rotatable bonds is 5. The summed E-state index contributed by atoms with van der Waals surface area (Å²) in [6.45, 7) is 0.777. The molecule has 2 aromatic carbocycles. The van der Waals surface area contributed by atoms with E-state index in [-0.39, 0.29) is 19.1 Å². The van der Waals surface area contributed by atoms with Gasteiger partial charge in [0.1, 0.15) is 5.84 Å². The number of morpholine rings is 1. The predicted molar refractivity (Wildman–Crippen MR) is 122 cm³/mol. The van der Waals surface area contributed by atoms with Crippen molar-refractivity contribution in [3.05, 3.63) is 59.2 Å². The Labute approximate surface area is 190 Å². The molecule has 0 unspecified atom stereocenters. The Morgan fingerprint density at radius 2 is 2.06 bits per heavy atom. The van der Waals surface area contributed by atoms with E-state index in [2.05, 4.69) is 10.3 Å². The van der Waals surface area contributed by atoms with Crippen LogP contribution in [0.2, 0.25) is 0 Å². The van der Waals surface area contributed by atoms with Crippen LogP contribution in [0.5, 0.6) is 0 Å². The molecule has 4 rings (SSSR count). The minimum Gasteiger partial charge on any atom is -0.383 e. The number of nitrogens with two attached hydrogens (primary N) is 1. The van der Waals surface area contributed by atoms with Crippen molar-refractivity contribution < 1.29 is 24.2 Å². The zero-order chi connectivity index (χ0) is 23.7. The molecule has 2 heterocycles. The van der Waals surface area contributed by atoms with Crippen LogP contribution in [0.4, 0.5) is 11.4 Å². The molecule has 33 heavy (non-hydrogen) atoms. The molecule has 2 atom stereocenters. The largest absolute Gasteiger partial charge is 0.383 e. The third-order valence-electron chi connectivity index (χ3n) is 5.56. The van der Waals surface area contributed by atoms with Crippen molar-refractivity contribution in [2.24, 2.45) is 10.7 Å². The lowest BCUT2D eigenvalue weighted by atomic mass is 10.1. The van der Waals surface area contributed by atoms with Crippen LogP contribution in [0.25, 0.3) is 0 Å². The third kappa shape index (κ3) is 4.43. The number of amides is 3. The highest BCUT2D eigenvalue weighted by atomic mass is 16.5. The van der Waals surface area contributed by atoms with Crippen LogP contribution in [-0.4, -0.2) is 73.0 Å². The molecule has 10 nitrogen and oxygen atoms in total. The average molecular weight is 451 g/mol. The molecule has 1 saturated heterocycles. The summed E-state index contributed by atoms with van der Waals surface area (Å²) in [7, 11) is 3.28. The zero-order valence-corrected chi connectivity index (χ0v) is 18.3. The van der Waals surface area contributed by atoms with E-state index >= 15 is 0 Å². The van der Waals surface area contributed by atoms with E-state index in [0.29, 0.717) is 29.3 Å². The number of fused-ring (bicyclic) bond motifs is 1. The highest BCUT2D eigenvalue weighted by Crippen LogP contribution is 2.24. The summed E-state index contributed by atoms with van der Waals surface area (Å²) in [5, 5.41) is 13.2. The van der Waals surface area contributed by atoms with E-state index in [1.165, 1.54) is 9.80 Å². The van der Waals surface area contributed by atoms with Crippen LogP contribution in [0.1, 0.15) is 21.5 Å². The van der Waals surface area contributed by atoms with Gasteiger partial charge in [0.05, 0.1) is 13.2 Å². The minimum atomic E-state index is -1.72. The normalized spacial score (nSPS) is 18.4. The van der Waals surface area contributed by atoms with Gasteiger partial charge in [-0.1, -0.05) is 6.07 Å². The Balaban J connectivity index is 1.47. The summed E-state index contributed by atoms with van der Waals surface area (Å²) >= 11 is 0. The summed E-state index contributed by atoms with van der Waals surface area (Å²) in [4.78, 5) is 45.0. The van der Waals surface area contributed by atoms with E-state index in [1.54, 1.807) is 56.6 Å². The topological polar surface area (TPSA) is 138 Å². The number of nitrogens with one attached hydrogen (secondary N) is 1. The molecule has 4 N–H and O–H groups in total. The maximum atomic E-state index is 13.1. The first-order chi connectivity index (χ1) is 15.8. The van der Waals surface area contributed by atoms with Crippen LogP contribution in [-0.2, 0) is 20.9 Å². The summed E-state index contributed by atoms with van der Waals surface area (Å²) in [5.74, 6) is -1.08. The van der Waals surface area contributed by atoms with Crippen LogP contribution in [0, 0.1) is 0 Å². The van der Waals surface area contributed by atoms with Gasteiger partial charge in [0.2, 0.25) is 0 Å². The highest BCUT2D eigenvalue weighted by molar-refractivity contribution is 6.05. The van der Waals surface area contributed by atoms with Crippen molar-refractivity contribution >= 4 is 34.9 Å². The van der Waals surface area contributed by atoms with Crippen LogP contribution in [0.3, 0.4) is 0 Å². The Morgan fingerprint density at radius 1 is 1.27 bits per heavy atom. The van der Waals surface area contributed by atoms with Crippen LogP contribution < -0.4 is 16.0 Å². The van der Waals surface area contributed by atoms with E-state index in [9.17, 15) is 19.5 Å². The molecule has 10 heteroatoms. The van der Waals surface area contributed by atoms with E-state index in [0.717, 1.165) is 11.1 Å². The molecule has 1 fully saturated rings. The van der Waals surface area contributed by atoms with Crippen molar-refractivity contribution in [1.82, 2.24) is 4.90 Å². The van der Waals surface area contributed by atoms with Crippen molar-refractivity contribution in [2.45, 2.75) is 18.8 Å². The Hall–Kier alpha value is -3.76. The van der Waals surface area contributed by atoms with Crippen LogP contribution in [0.15, 0.2) is 47.5 Å². The maximum Gasteiger partial charge on any atom is 0.259 e. The Bertz CT molecular complexity index is 1150. The number of aliphatic imine (C=N–C) groups is 1. The fourth-order valence-electron chi connectivity index (χ4n) is 3.81. The first kappa shape index (κ1) is 22.4. The van der Waals surface area contributed by atoms with Gasteiger partial charge in [-0.3, -0.25) is 19.4 Å². The SMILES string of the molecule is CN(C)C(=O)c1cccc(N2CCO[C@H]([C@@H](O)C(=O)Nc3ccc4c(c3)CN=C4N)C2=O)c1. The van der Waals surface area contributed by atoms with Crippen molar-refractivity contribution in [3.63, 3.8) is 0 Å². The van der Waals surface area contributed by atoms with Gasteiger partial charge in [-0.25, -0.2) is 0 Å². The van der Waals surface area contributed by atoms with Gasteiger partial charge in [0.15, 0.2) is 12.2 Å². The third-order valence-corrected chi connectivity index (χ3v) is 5.56. The number of carbonyl (C=O) groups excluding carboxylic acids is 3. The number of nitrogens with zero attached hydrogens (tertiary/aromatic N) is 3. The van der Waals surface area contributed by atoms with Gasteiger partial charge in [-0.05, 0) is 42.0 Å². The fourth-order valence-corrected chi connectivity index (χ4v) is 3.81. The lowest BCUT2D eigenvalue weighted by Gasteiger charge is -2.34. The molecule has 3 amide bonds. The number of anilines is 2. The van der Waals surface area contributed by atoms with E-state index in [4.69, 9.17) is 10.5 Å². The van der Waals surface area contributed by atoms with Gasteiger partial charge in [0.25, 0.3) is 17.7 Å². The number of carbonyl (C=O) groups is 3. The second kappa shape index (κ2) is 9.00. The average Bonchev–Trinajstić information content (AvgIpc) is 3.18. The molecule has 172 valence electrons. The Morgan fingerprint density at radius 3 is 2.82 bits per heavy atom. The van der Waals surface area contributed by atoms with E-state index < -0.39 is 24.0 Å². The summed E-state index contributed by atoms with van der Waals surface area (Å²) in [6, 6.07) is 11.8. The zero-order valence-electron chi connectivity index (χ0n) is 18.3. The summed E-state index contributed by atoms with van der Waals surface area (Å²) in [6.07, 6.45) is -3.10. The second-order valence-corrected chi connectivity index (χ2v) is 8.04.